The summed E-state index contributed by atoms with van der Waals surface area (Å²) in [5.41, 5.74) is 2.80. The molecule has 0 saturated heterocycles. The third kappa shape index (κ3) is 3.15. The molecule has 2 N–H and O–H groups in total. The first-order chi connectivity index (χ1) is 11.7. The molecule has 0 amide bonds. The van der Waals surface area contributed by atoms with E-state index in [1.54, 1.807) is 0 Å². The molecule has 24 heavy (non-hydrogen) atoms. The van der Waals surface area contributed by atoms with Crippen molar-refractivity contribution < 1.29 is 9.34 Å². The van der Waals surface area contributed by atoms with Gasteiger partial charge in [0.1, 0.15) is 16.1 Å². The van der Waals surface area contributed by atoms with Gasteiger partial charge in [0.2, 0.25) is 0 Å². The van der Waals surface area contributed by atoms with E-state index >= 15 is 0 Å². The van der Waals surface area contributed by atoms with Crippen LogP contribution in [0.5, 0.6) is 0 Å². The summed E-state index contributed by atoms with van der Waals surface area (Å²) in [6, 6.07) is 15.0. The van der Waals surface area contributed by atoms with Crippen LogP contribution in [-0.2, 0) is 6.54 Å². The van der Waals surface area contributed by atoms with Gasteiger partial charge in [-0.1, -0.05) is 48.5 Å². The highest BCUT2D eigenvalue weighted by molar-refractivity contribution is 5.99. The summed E-state index contributed by atoms with van der Waals surface area (Å²) in [5, 5.41) is 18.6. The number of likely N-dealkylation sites (N-methyl/N-ethyl adjacent to an activating group) is 1. The predicted molar refractivity (Wildman–Crippen MR) is 93.9 cm³/mol. The third-order valence-corrected chi connectivity index (χ3v) is 3.87. The Morgan fingerprint density at radius 3 is 2.58 bits per heavy atom. The lowest BCUT2D eigenvalue weighted by Gasteiger charge is -2.05. The zero-order chi connectivity index (χ0) is 16.9. The summed E-state index contributed by atoms with van der Waals surface area (Å²) in [5.74, 6) is -0.209. The van der Waals surface area contributed by atoms with E-state index in [1.807, 2.05) is 55.6 Å². The molecule has 0 atom stereocenters. The van der Waals surface area contributed by atoms with E-state index in [0.717, 1.165) is 29.6 Å². The largest absolute Gasteiger partial charge is 0.442 e. The second-order valence-corrected chi connectivity index (χ2v) is 5.48. The molecule has 0 spiro atoms. The third-order valence-electron chi connectivity index (χ3n) is 3.87. The van der Waals surface area contributed by atoms with Crippen molar-refractivity contribution in [2.75, 3.05) is 20.1 Å². The van der Waals surface area contributed by atoms with Crippen molar-refractivity contribution in [3.8, 4) is 11.1 Å². The lowest BCUT2D eigenvalue weighted by Crippen LogP contribution is -2.24. The molecule has 0 aliphatic heterocycles. The molecule has 3 aromatic rings. The highest BCUT2D eigenvalue weighted by Gasteiger charge is 2.26. The first kappa shape index (κ1) is 16.2. The molecule has 1 aromatic heterocycles. The minimum Gasteiger partial charge on any atom is -0.400 e. The molecular formula is C18H19N3O3. The summed E-state index contributed by atoms with van der Waals surface area (Å²) >= 11 is 0. The van der Waals surface area contributed by atoms with Crippen LogP contribution >= 0.6 is 0 Å². The van der Waals surface area contributed by atoms with E-state index in [-0.39, 0.29) is 5.88 Å². The number of nitrogens with zero attached hydrogens (tertiary/aromatic N) is 1. The minimum absolute atomic E-state index is 0.209. The van der Waals surface area contributed by atoms with Gasteiger partial charge < -0.3 is 15.1 Å². The second-order valence-electron chi connectivity index (χ2n) is 5.48. The quantitative estimate of drug-likeness (QED) is 0.396. The second kappa shape index (κ2) is 7.25. The number of benzene rings is 2. The first-order valence-corrected chi connectivity index (χ1v) is 7.82. The van der Waals surface area contributed by atoms with Gasteiger partial charge in [0.15, 0.2) is 0 Å². The van der Waals surface area contributed by atoms with E-state index in [4.69, 9.17) is 4.42 Å². The summed E-state index contributed by atoms with van der Waals surface area (Å²) < 4.78 is 5.65. The minimum atomic E-state index is -0.458. The van der Waals surface area contributed by atoms with Crippen LogP contribution in [0.2, 0.25) is 0 Å². The lowest BCUT2D eigenvalue weighted by atomic mass is 10.0. The molecule has 0 fully saturated rings. The van der Waals surface area contributed by atoms with Crippen LogP contribution in [0.25, 0.3) is 22.1 Å². The number of furan rings is 1. The molecular weight excluding hydrogens is 306 g/mol. The van der Waals surface area contributed by atoms with Crippen LogP contribution in [-0.4, -0.2) is 25.1 Å². The first-order valence-electron chi connectivity index (χ1n) is 7.82. The van der Waals surface area contributed by atoms with Crippen molar-refractivity contribution in [3.63, 3.8) is 0 Å². The number of nitrogens with one attached hydrogen (secondary N) is 2. The van der Waals surface area contributed by atoms with Crippen molar-refractivity contribution in [2.45, 2.75) is 6.54 Å². The summed E-state index contributed by atoms with van der Waals surface area (Å²) in [6.07, 6.45) is 0. The van der Waals surface area contributed by atoms with E-state index in [0.29, 0.717) is 17.7 Å². The van der Waals surface area contributed by atoms with Gasteiger partial charge in [-0.2, -0.15) is 0 Å². The monoisotopic (exact) mass is 325 g/mol. The number of nitro groups is 1. The van der Waals surface area contributed by atoms with Crippen molar-refractivity contribution in [3.05, 3.63) is 64.2 Å². The number of hydrogen-bond acceptors (Lipinski definition) is 5. The Bertz CT molecular complexity index is 843. The summed E-state index contributed by atoms with van der Waals surface area (Å²) in [4.78, 5) is 11.0. The Morgan fingerprint density at radius 1 is 1.08 bits per heavy atom. The number of rotatable bonds is 7. The molecule has 3 rings (SSSR count). The van der Waals surface area contributed by atoms with Crippen LogP contribution in [0.15, 0.2) is 52.9 Å². The van der Waals surface area contributed by atoms with Crippen LogP contribution in [0.1, 0.15) is 5.56 Å². The maximum absolute atomic E-state index is 11.5. The topological polar surface area (TPSA) is 80.3 Å². The van der Waals surface area contributed by atoms with Gasteiger partial charge >= 0.3 is 5.88 Å². The summed E-state index contributed by atoms with van der Waals surface area (Å²) in [7, 11) is 1.89. The van der Waals surface area contributed by atoms with Gasteiger partial charge in [-0.05, 0) is 12.6 Å². The molecule has 0 saturated carbocycles. The fraction of sp³-hybridized carbons (Fsp3) is 0.222. The molecule has 0 aliphatic rings. The Labute approximate surface area is 139 Å². The molecule has 6 nitrogen and oxygen atoms in total. The Balaban J connectivity index is 2.07. The fourth-order valence-electron chi connectivity index (χ4n) is 2.75. The van der Waals surface area contributed by atoms with Crippen LogP contribution in [0.4, 0.5) is 5.88 Å². The van der Waals surface area contributed by atoms with Gasteiger partial charge in [-0.25, -0.2) is 0 Å². The van der Waals surface area contributed by atoms with E-state index in [9.17, 15) is 10.1 Å². The standard InChI is InChI=1S/C18H19N3O3/c1-19-10-11-20-12-14-8-5-9-15-16(13-6-3-2-4-7-13)18(21(22)23)24-17(14)15/h2-9,19-20H,10-12H2,1H3. The van der Waals surface area contributed by atoms with Crippen molar-refractivity contribution in [1.82, 2.24) is 10.6 Å². The van der Waals surface area contributed by atoms with E-state index in [2.05, 4.69) is 10.6 Å². The SMILES string of the molecule is CNCCNCc1cccc2c(-c3ccccc3)c([N+](=O)[O-])oc12. The van der Waals surface area contributed by atoms with Crippen LogP contribution in [0.3, 0.4) is 0 Å². The maximum atomic E-state index is 11.5. The normalized spacial score (nSPS) is 11.0. The summed E-state index contributed by atoms with van der Waals surface area (Å²) in [6.45, 7) is 2.25. The lowest BCUT2D eigenvalue weighted by molar-refractivity contribution is -0.400. The zero-order valence-electron chi connectivity index (χ0n) is 13.4. The van der Waals surface area contributed by atoms with Gasteiger partial charge in [-0.15, -0.1) is 0 Å². The van der Waals surface area contributed by atoms with E-state index in [1.165, 1.54) is 0 Å². The number of hydrogen-bond donors (Lipinski definition) is 2. The van der Waals surface area contributed by atoms with Gasteiger partial charge in [0, 0.05) is 30.6 Å². The number of fused-ring (bicyclic) bond motifs is 1. The molecule has 0 radical (unpaired) electrons. The Kier molecular flexibility index (Phi) is 4.88. The molecule has 2 aromatic carbocycles. The maximum Gasteiger partial charge on any atom is 0.442 e. The Morgan fingerprint density at radius 2 is 1.88 bits per heavy atom. The average Bonchev–Trinajstić information content (AvgIpc) is 3.00. The van der Waals surface area contributed by atoms with Crippen molar-refractivity contribution >= 4 is 16.9 Å². The highest BCUT2D eigenvalue weighted by atomic mass is 16.6. The Hall–Kier alpha value is -2.70. The van der Waals surface area contributed by atoms with Crippen LogP contribution < -0.4 is 10.6 Å². The van der Waals surface area contributed by atoms with Gasteiger partial charge in [0.25, 0.3) is 0 Å². The van der Waals surface area contributed by atoms with Crippen molar-refractivity contribution in [2.24, 2.45) is 0 Å². The molecule has 0 unspecified atom stereocenters. The van der Waals surface area contributed by atoms with Crippen LogP contribution in [0, 0.1) is 10.1 Å². The zero-order valence-corrected chi connectivity index (χ0v) is 13.4. The van der Waals surface area contributed by atoms with Gasteiger partial charge in [0.05, 0.1) is 0 Å². The highest BCUT2D eigenvalue weighted by Crippen LogP contribution is 2.40. The smallest absolute Gasteiger partial charge is 0.400 e. The molecule has 6 heteroatoms. The molecule has 124 valence electrons. The molecule has 0 aliphatic carbocycles. The average molecular weight is 325 g/mol. The molecule has 0 bridgehead atoms. The fourth-order valence-corrected chi connectivity index (χ4v) is 2.75. The van der Waals surface area contributed by atoms with E-state index < -0.39 is 4.92 Å². The predicted octanol–water partition coefficient (Wildman–Crippen LogP) is 3.32. The van der Waals surface area contributed by atoms with Gasteiger partial charge in [-0.3, -0.25) is 10.1 Å². The van der Waals surface area contributed by atoms with Crippen molar-refractivity contribution in [1.29, 1.82) is 0 Å². The molecule has 1 heterocycles. The number of para-hydroxylation sites is 1.